The molecular weight excluding hydrogens is 310 g/mol. The van der Waals surface area contributed by atoms with Gasteiger partial charge in [-0.25, -0.2) is 5.43 Å². The van der Waals surface area contributed by atoms with Gasteiger partial charge in [0.15, 0.2) is 0 Å². The van der Waals surface area contributed by atoms with E-state index in [9.17, 15) is 4.79 Å². The fourth-order valence-corrected chi connectivity index (χ4v) is 2.60. The minimum atomic E-state index is -0.219. The maximum Gasteiger partial charge on any atom is 0.271 e. The van der Waals surface area contributed by atoms with Crippen molar-refractivity contribution in [3.05, 3.63) is 77.9 Å². The molecule has 0 aliphatic rings. The van der Waals surface area contributed by atoms with Crippen molar-refractivity contribution in [2.75, 3.05) is 19.0 Å². The summed E-state index contributed by atoms with van der Waals surface area (Å²) in [6, 6.07) is 21.8. The third-order valence-electron chi connectivity index (χ3n) is 4.12. The fourth-order valence-electron chi connectivity index (χ4n) is 2.60. The molecule has 1 N–H and O–H groups in total. The summed E-state index contributed by atoms with van der Waals surface area (Å²) in [6.07, 6.45) is 0. The fraction of sp³-hybridized carbons (Fsp3) is 0.143. The van der Waals surface area contributed by atoms with E-state index in [1.165, 1.54) is 5.39 Å². The Morgan fingerprint density at radius 3 is 2.40 bits per heavy atom. The zero-order chi connectivity index (χ0) is 17.8. The molecule has 0 heterocycles. The first-order chi connectivity index (χ1) is 12.0. The van der Waals surface area contributed by atoms with Crippen molar-refractivity contribution >= 4 is 28.1 Å². The van der Waals surface area contributed by atoms with E-state index in [1.54, 1.807) is 6.07 Å². The second-order valence-electron chi connectivity index (χ2n) is 6.14. The van der Waals surface area contributed by atoms with Crippen molar-refractivity contribution in [3.63, 3.8) is 0 Å². The van der Waals surface area contributed by atoms with Crippen molar-refractivity contribution in [1.82, 2.24) is 5.43 Å². The van der Waals surface area contributed by atoms with Crippen LogP contribution in [0.2, 0.25) is 0 Å². The number of nitrogens with zero attached hydrogens (tertiary/aromatic N) is 2. The molecule has 0 bridgehead atoms. The Morgan fingerprint density at radius 2 is 1.64 bits per heavy atom. The van der Waals surface area contributed by atoms with Gasteiger partial charge in [0, 0.05) is 25.3 Å². The largest absolute Gasteiger partial charge is 0.378 e. The van der Waals surface area contributed by atoms with Gasteiger partial charge in [0.2, 0.25) is 0 Å². The van der Waals surface area contributed by atoms with E-state index >= 15 is 0 Å². The predicted octanol–water partition coefficient (Wildman–Crippen LogP) is 4.06. The van der Waals surface area contributed by atoms with Crippen LogP contribution >= 0.6 is 0 Å². The Labute approximate surface area is 147 Å². The zero-order valence-electron chi connectivity index (χ0n) is 14.7. The van der Waals surface area contributed by atoms with Crippen LogP contribution in [-0.2, 0) is 0 Å². The number of nitrogens with one attached hydrogen (secondary N) is 1. The van der Waals surface area contributed by atoms with Gasteiger partial charge in [0.25, 0.3) is 5.91 Å². The van der Waals surface area contributed by atoms with Gasteiger partial charge < -0.3 is 4.90 Å². The van der Waals surface area contributed by atoms with Crippen LogP contribution in [-0.4, -0.2) is 25.7 Å². The van der Waals surface area contributed by atoms with E-state index in [0.717, 1.165) is 22.3 Å². The highest BCUT2D eigenvalue weighted by Crippen LogP contribution is 2.16. The van der Waals surface area contributed by atoms with Crippen molar-refractivity contribution in [2.24, 2.45) is 5.10 Å². The summed E-state index contributed by atoms with van der Waals surface area (Å²) in [5.41, 5.74) is 5.95. The van der Waals surface area contributed by atoms with Crippen LogP contribution in [0.5, 0.6) is 0 Å². The Kier molecular flexibility index (Phi) is 4.80. The van der Waals surface area contributed by atoms with E-state index < -0.39 is 0 Å². The maximum absolute atomic E-state index is 12.3. The first kappa shape index (κ1) is 16.7. The number of benzene rings is 3. The molecule has 0 aliphatic heterocycles. The first-order valence-corrected chi connectivity index (χ1v) is 8.16. The van der Waals surface area contributed by atoms with Crippen molar-refractivity contribution in [3.8, 4) is 0 Å². The number of fused-ring (bicyclic) bond motifs is 1. The van der Waals surface area contributed by atoms with E-state index in [4.69, 9.17) is 0 Å². The Hall–Kier alpha value is -3.14. The molecule has 0 radical (unpaired) electrons. The summed E-state index contributed by atoms with van der Waals surface area (Å²) >= 11 is 0. The quantitative estimate of drug-likeness (QED) is 0.579. The Balaban J connectivity index is 1.78. The summed E-state index contributed by atoms with van der Waals surface area (Å²) in [5.74, 6) is -0.219. The molecule has 0 atom stereocenters. The summed E-state index contributed by atoms with van der Waals surface area (Å²) in [5, 5.41) is 6.59. The van der Waals surface area contributed by atoms with Crippen LogP contribution in [0.15, 0.2) is 71.8 Å². The molecule has 0 spiro atoms. The standard InChI is InChI=1S/C21H21N3O/c1-15(17-12-11-16-7-4-5-8-18(16)13-17)22-23-21(25)19-9-6-10-20(14-19)24(2)3/h4-14H,1-3H3,(H,23,25). The summed E-state index contributed by atoms with van der Waals surface area (Å²) in [4.78, 5) is 14.3. The molecule has 3 rings (SSSR count). The molecule has 0 unspecified atom stereocenters. The molecule has 4 nitrogen and oxygen atoms in total. The van der Waals surface area contributed by atoms with Crippen LogP contribution in [0.25, 0.3) is 10.8 Å². The molecule has 0 aromatic heterocycles. The average Bonchev–Trinajstić information content (AvgIpc) is 2.65. The number of anilines is 1. The second-order valence-corrected chi connectivity index (χ2v) is 6.14. The number of amides is 1. The van der Waals surface area contributed by atoms with Gasteiger partial charge in [-0.1, -0.05) is 42.5 Å². The van der Waals surface area contributed by atoms with E-state index in [-0.39, 0.29) is 5.91 Å². The molecule has 3 aromatic carbocycles. The topological polar surface area (TPSA) is 44.7 Å². The van der Waals surface area contributed by atoms with Gasteiger partial charge in [-0.05, 0) is 47.5 Å². The van der Waals surface area contributed by atoms with Gasteiger partial charge in [-0.3, -0.25) is 4.79 Å². The van der Waals surface area contributed by atoms with Crippen LogP contribution in [0, 0.1) is 0 Å². The molecule has 4 heteroatoms. The molecule has 25 heavy (non-hydrogen) atoms. The number of hydrogen-bond acceptors (Lipinski definition) is 3. The number of rotatable bonds is 4. The smallest absolute Gasteiger partial charge is 0.271 e. The number of hydrazone groups is 1. The minimum Gasteiger partial charge on any atom is -0.378 e. The molecule has 0 saturated carbocycles. The molecule has 0 fully saturated rings. The van der Waals surface area contributed by atoms with Crippen molar-refractivity contribution in [1.29, 1.82) is 0 Å². The molecule has 126 valence electrons. The summed E-state index contributed by atoms with van der Waals surface area (Å²) in [7, 11) is 3.89. The predicted molar refractivity (Wildman–Crippen MR) is 104 cm³/mol. The molecule has 3 aromatic rings. The Morgan fingerprint density at radius 1 is 0.880 bits per heavy atom. The highest BCUT2D eigenvalue weighted by molar-refractivity contribution is 6.03. The lowest BCUT2D eigenvalue weighted by atomic mass is 10.0. The first-order valence-electron chi connectivity index (χ1n) is 8.16. The van der Waals surface area contributed by atoms with Crippen molar-refractivity contribution in [2.45, 2.75) is 6.92 Å². The third kappa shape index (κ3) is 3.86. The lowest BCUT2D eigenvalue weighted by Gasteiger charge is -2.13. The van der Waals surface area contributed by atoms with Gasteiger partial charge in [-0.15, -0.1) is 0 Å². The van der Waals surface area contributed by atoms with Gasteiger partial charge >= 0.3 is 0 Å². The van der Waals surface area contributed by atoms with E-state index in [0.29, 0.717) is 5.56 Å². The van der Waals surface area contributed by atoms with Gasteiger partial charge in [0.05, 0.1) is 5.71 Å². The van der Waals surface area contributed by atoms with E-state index in [2.05, 4.69) is 34.8 Å². The number of carbonyl (C=O) groups excluding carboxylic acids is 1. The zero-order valence-corrected chi connectivity index (χ0v) is 14.7. The number of hydrogen-bond donors (Lipinski definition) is 1. The summed E-state index contributed by atoms with van der Waals surface area (Å²) in [6.45, 7) is 1.89. The minimum absolute atomic E-state index is 0.219. The Bertz CT molecular complexity index is 945. The van der Waals surface area contributed by atoms with Crippen LogP contribution in [0.3, 0.4) is 0 Å². The third-order valence-corrected chi connectivity index (χ3v) is 4.12. The average molecular weight is 331 g/mol. The van der Waals surface area contributed by atoms with Crippen molar-refractivity contribution < 1.29 is 4.79 Å². The SMILES string of the molecule is CC(=NNC(=O)c1cccc(N(C)C)c1)c1ccc2ccccc2c1. The highest BCUT2D eigenvalue weighted by Gasteiger charge is 2.07. The monoisotopic (exact) mass is 331 g/mol. The van der Waals surface area contributed by atoms with E-state index in [1.807, 2.05) is 62.3 Å². The lowest BCUT2D eigenvalue weighted by molar-refractivity contribution is 0.0955. The van der Waals surface area contributed by atoms with Gasteiger partial charge in [-0.2, -0.15) is 5.10 Å². The van der Waals surface area contributed by atoms with Crippen LogP contribution in [0.1, 0.15) is 22.8 Å². The molecular formula is C21H21N3O. The molecule has 1 amide bonds. The van der Waals surface area contributed by atoms with Gasteiger partial charge in [0.1, 0.15) is 0 Å². The number of carbonyl (C=O) groups is 1. The highest BCUT2D eigenvalue weighted by atomic mass is 16.2. The van der Waals surface area contributed by atoms with Crippen LogP contribution in [0.4, 0.5) is 5.69 Å². The van der Waals surface area contributed by atoms with Crippen LogP contribution < -0.4 is 10.3 Å². The molecule has 0 saturated heterocycles. The normalized spacial score (nSPS) is 11.4. The maximum atomic E-state index is 12.3. The molecule has 0 aliphatic carbocycles. The lowest BCUT2D eigenvalue weighted by Crippen LogP contribution is -2.20. The summed E-state index contributed by atoms with van der Waals surface area (Å²) < 4.78 is 0. The second kappa shape index (κ2) is 7.18.